The molecule has 28 heavy (non-hydrogen) atoms. The number of phenols is 1. The van der Waals surface area contributed by atoms with Crippen molar-refractivity contribution in [1.29, 1.82) is 0 Å². The van der Waals surface area contributed by atoms with Crippen LogP contribution in [0.25, 0.3) is 6.08 Å². The molecule has 1 aromatic carbocycles. The van der Waals surface area contributed by atoms with Gasteiger partial charge in [-0.05, 0) is 54.0 Å². The number of sulfone groups is 1. The van der Waals surface area contributed by atoms with Gasteiger partial charge in [0.2, 0.25) is 0 Å². The Hall–Kier alpha value is -1.70. The van der Waals surface area contributed by atoms with Crippen molar-refractivity contribution in [3.05, 3.63) is 46.3 Å². The maximum absolute atomic E-state index is 13.5. The molecular formula is C21H29FO5S. The first-order valence-electron chi connectivity index (χ1n) is 9.52. The van der Waals surface area contributed by atoms with Gasteiger partial charge in [0.15, 0.2) is 21.4 Å². The molecule has 5 nitrogen and oxygen atoms in total. The molecule has 2 atom stereocenters. The second-order valence-corrected chi connectivity index (χ2v) is 9.72. The zero-order chi connectivity index (χ0) is 21.1. The highest BCUT2D eigenvalue weighted by Gasteiger charge is 2.41. The normalized spacial score (nSPS) is 20.8. The van der Waals surface area contributed by atoms with Crippen LogP contribution < -0.4 is 0 Å². The average molecular weight is 413 g/mol. The van der Waals surface area contributed by atoms with E-state index in [0.29, 0.717) is 36.0 Å². The molecule has 0 saturated carbocycles. The number of aliphatic hydroxyl groups excluding tert-OH is 2. The zero-order valence-electron chi connectivity index (χ0n) is 16.5. The lowest BCUT2D eigenvalue weighted by Crippen LogP contribution is -2.29. The van der Waals surface area contributed by atoms with Gasteiger partial charge in [-0.1, -0.05) is 38.5 Å². The number of aromatic hydroxyl groups is 1. The number of halogens is 1. The fraction of sp³-hybridized carbons (Fsp3) is 0.524. The summed E-state index contributed by atoms with van der Waals surface area (Å²) in [6.07, 6.45) is 2.36. The van der Waals surface area contributed by atoms with Gasteiger partial charge >= 0.3 is 0 Å². The van der Waals surface area contributed by atoms with Gasteiger partial charge in [-0.25, -0.2) is 12.8 Å². The monoisotopic (exact) mass is 412 g/mol. The third kappa shape index (κ3) is 5.01. The van der Waals surface area contributed by atoms with Crippen molar-refractivity contribution in [3.63, 3.8) is 0 Å². The summed E-state index contributed by atoms with van der Waals surface area (Å²) >= 11 is 0. The molecule has 156 valence electrons. The molecule has 1 aromatic rings. The van der Waals surface area contributed by atoms with E-state index in [1.165, 1.54) is 12.1 Å². The van der Waals surface area contributed by atoms with Crippen LogP contribution in [0.3, 0.4) is 0 Å². The quantitative estimate of drug-likeness (QED) is 0.570. The van der Waals surface area contributed by atoms with E-state index in [4.69, 9.17) is 0 Å². The van der Waals surface area contributed by atoms with Crippen molar-refractivity contribution in [1.82, 2.24) is 0 Å². The highest BCUT2D eigenvalue weighted by Crippen LogP contribution is 2.35. The number of phenolic OH excluding ortho intramolecular Hbond substituents is 1. The van der Waals surface area contributed by atoms with E-state index in [-0.39, 0.29) is 11.7 Å². The standard InChI is InChI=1S/C21H29FO5S/c1-4-14(9-15-6-7-18(24)17(22)10-15)5-8-19(25)21-16(13(2)3)12-28(26,27)20(21)11-23/h6-7,9-10,13,19-20,23-25H,4-5,8,11-12H2,1-3H3/b14-9+/t19-,20+/m1/s1. The maximum Gasteiger partial charge on any atom is 0.165 e. The Morgan fingerprint density at radius 3 is 2.57 bits per heavy atom. The van der Waals surface area contributed by atoms with Gasteiger partial charge in [-0.2, -0.15) is 0 Å². The fourth-order valence-corrected chi connectivity index (χ4v) is 5.68. The fourth-order valence-electron chi connectivity index (χ4n) is 3.62. The van der Waals surface area contributed by atoms with Gasteiger partial charge in [-0.15, -0.1) is 0 Å². The summed E-state index contributed by atoms with van der Waals surface area (Å²) in [5.74, 6) is -1.25. The predicted molar refractivity (Wildman–Crippen MR) is 108 cm³/mol. The molecule has 0 bridgehead atoms. The van der Waals surface area contributed by atoms with Crippen LogP contribution in [0.15, 0.2) is 34.9 Å². The molecule has 0 aromatic heterocycles. The van der Waals surface area contributed by atoms with Crippen LogP contribution in [0.5, 0.6) is 5.75 Å². The van der Waals surface area contributed by atoms with Gasteiger partial charge in [0.05, 0.1) is 18.5 Å². The van der Waals surface area contributed by atoms with Crippen LogP contribution >= 0.6 is 0 Å². The minimum absolute atomic E-state index is 0.0304. The molecule has 1 heterocycles. The summed E-state index contributed by atoms with van der Waals surface area (Å²) in [6, 6.07) is 4.14. The van der Waals surface area contributed by atoms with Crippen molar-refractivity contribution in [2.24, 2.45) is 5.92 Å². The van der Waals surface area contributed by atoms with E-state index >= 15 is 0 Å². The number of hydrogen-bond donors (Lipinski definition) is 3. The number of allylic oxidation sites excluding steroid dienone is 1. The number of rotatable bonds is 8. The predicted octanol–water partition coefficient (Wildman–Crippen LogP) is 3.21. The molecule has 0 amide bonds. The Morgan fingerprint density at radius 1 is 1.36 bits per heavy atom. The lowest BCUT2D eigenvalue weighted by atomic mass is 9.90. The number of benzene rings is 1. The Balaban J connectivity index is 2.20. The van der Waals surface area contributed by atoms with Crippen molar-refractivity contribution >= 4 is 15.9 Å². The first-order chi connectivity index (χ1) is 13.1. The Kier molecular flexibility index (Phi) is 7.42. The van der Waals surface area contributed by atoms with E-state index in [0.717, 1.165) is 5.57 Å². The van der Waals surface area contributed by atoms with Gasteiger partial charge in [-0.3, -0.25) is 0 Å². The van der Waals surface area contributed by atoms with Crippen molar-refractivity contribution in [2.45, 2.75) is 51.4 Å². The molecule has 3 N–H and O–H groups in total. The van der Waals surface area contributed by atoms with Crippen LogP contribution in [0, 0.1) is 11.7 Å². The molecule has 1 aliphatic heterocycles. The van der Waals surface area contributed by atoms with Crippen LogP contribution in [0.1, 0.15) is 45.6 Å². The molecule has 0 spiro atoms. The minimum Gasteiger partial charge on any atom is -0.505 e. The highest BCUT2D eigenvalue weighted by molar-refractivity contribution is 7.92. The van der Waals surface area contributed by atoms with Crippen molar-refractivity contribution in [2.75, 3.05) is 12.4 Å². The lowest BCUT2D eigenvalue weighted by Gasteiger charge is -2.20. The van der Waals surface area contributed by atoms with Crippen molar-refractivity contribution < 1.29 is 28.1 Å². The Labute approximate surface area is 166 Å². The van der Waals surface area contributed by atoms with E-state index in [1.807, 2.05) is 26.8 Å². The number of aliphatic hydroxyl groups is 2. The summed E-state index contributed by atoms with van der Waals surface area (Å²) < 4.78 is 38.2. The third-order valence-electron chi connectivity index (χ3n) is 5.27. The second kappa shape index (κ2) is 9.20. The highest BCUT2D eigenvalue weighted by atomic mass is 32.2. The minimum atomic E-state index is -3.49. The van der Waals surface area contributed by atoms with Crippen LogP contribution in [-0.4, -0.2) is 47.5 Å². The molecule has 0 fully saturated rings. The van der Waals surface area contributed by atoms with Crippen LogP contribution in [-0.2, 0) is 9.84 Å². The van der Waals surface area contributed by atoms with E-state index < -0.39 is 39.4 Å². The van der Waals surface area contributed by atoms with E-state index in [9.17, 15) is 28.1 Å². The van der Waals surface area contributed by atoms with Crippen LogP contribution in [0.2, 0.25) is 0 Å². The molecule has 0 saturated heterocycles. The maximum atomic E-state index is 13.5. The van der Waals surface area contributed by atoms with Gasteiger partial charge in [0, 0.05) is 0 Å². The SMILES string of the molecule is CC/C(=C\c1ccc(O)c(F)c1)CC[C@@H](O)C1=C(C(C)C)CS(=O)(=O)[C@H]1CO. The summed E-state index contributed by atoms with van der Waals surface area (Å²) in [6.45, 7) is 5.18. The zero-order valence-corrected chi connectivity index (χ0v) is 17.3. The Morgan fingerprint density at radius 2 is 2.04 bits per heavy atom. The topological polar surface area (TPSA) is 94.8 Å². The summed E-state index contributed by atoms with van der Waals surface area (Å²) in [4.78, 5) is 0. The van der Waals surface area contributed by atoms with Gasteiger partial charge in [0.25, 0.3) is 0 Å². The smallest absolute Gasteiger partial charge is 0.165 e. The third-order valence-corrected chi connectivity index (χ3v) is 7.25. The largest absolute Gasteiger partial charge is 0.505 e. The number of hydrogen-bond acceptors (Lipinski definition) is 5. The summed E-state index contributed by atoms with van der Waals surface area (Å²) in [5, 5.41) is 28.6. The lowest BCUT2D eigenvalue weighted by molar-refractivity contribution is 0.187. The summed E-state index contributed by atoms with van der Waals surface area (Å²) in [5.41, 5.74) is 2.70. The molecule has 7 heteroatoms. The summed E-state index contributed by atoms with van der Waals surface area (Å²) in [7, 11) is -3.49. The van der Waals surface area contributed by atoms with Crippen LogP contribution in [0.4, 0.5) is 4.39 Å². The molecule has 2 rings (SSSR count). The average Bonchev–Trinajstić information content (AvgIpc) is 2.92. The van der Waals surface area contributed by atoms with Gasteiger partial charge < -0.3 is 15.3 Å². The van der Waals surface area contributed by atoms with E-state index in [2.05, 4.69) is 0 Å². The Bertz CT molecular complexity index is 871. The molecule has 0 unspecified atom stereocenters. The molecule has 1 aliphatic rings. The van der Waals surface area contributed by atoms with E-state index in [1.54, 1.807) is 6.07 Å². The molecule has 0 radical (unpaired) electrons. The molecular weight excluding hydrogens is 383 g/mol. The van der Waals surface area contributed by atoms with Crippen molar-refractivity contribution in [3.8, 4) is 5.75 Å². The van der Waals surface area contributed by atoms with Gasteiger partial charge in [0.1, 0.15) is 5.25 Å². The molecule has 0 aliphatic carbocycles. The second-order valence-electron chi connectivity index (χ2n) is 7.54. The first-order valence-corrected chi connectivity index (χ1v) is 11.2. The first kappa shape index (κ1) is 22.6.